The van der Waals surface area contributed by atoms with Crippen LogP contribution in [0.3, 0.4) is 0 Å². The minimum Gasteiger partial charge on any atom is -0.457 e. The van der Waals surface area contributed by atoms with Gasteiger partial charge in [0.1, 0.15) is 23.8 Å². The van der Waals surface area contributed by atoms with Crippen LogP contribution in [-0.2, 0) is 9.59 Å². The second kappa shape index (κ2) is 7.43. The molecule has 146 valence electrons. The van der Waals surface area contributed by atoms with Crippen molar-refractivity contribution in [1.82, 2.24) is 4.90 Å². The normalized spacial score (nSPS) is 16.1. The molecule has 1 fully saturated rings. The lowest BCUT2D eigenvalue weighted by molar-refractivity contribution is -0.274. The number of carbonyl (C=O) groups is 3. The van der Waals surface area contributed by atoms with Crippen LogP contribution in [0.15, 0.2) is 45.7 Å². The van der Waals surface area contributed by atoms with Crippen LogP contribution in [0.1, 0.15) is 5.76 Å². The summed E-state index contributed by atoms with van der Waals surface area (Å²) < 4.78 is 45.9. The Balaban J connectivity index is 1.76. The van der Waals surface area contributed by atoms with Crippen molar-refractivity contribution in [3.05, 3.63) is 47.1 Å². The van der Waals surface area contributed by atoms with E-state index in [0.29, 0.717) is 23.1 Å². The molecule has 1 aliphatic heterocycles. The number of nitrogens with zero attached hydrogens (tertiary/aromatic N) is 1. The molecule has 2 heterocycles. The second-order valence-corrected chi connectivity index (χ2v) is 6.50. The van der Waals surface area contributed by atoms with Gasteiger partial charge in [-0.05, 0) is 48.2 Å². The van der Waals surface area contributed by atoms with Gasteiger partial charge in [0.25, 0.3) is 11.1 Å². The van der Waals surface area contributed by atoms with E-state index in [1.54, 1.807) is 6.07 Å². The zero-order chi connectivity index (χ0) is 20.5. The number of halogens is 3. The van der Waals surface area contributed by atoms with Gasteiger partial charge >= 0.3 is 6.36 Å². The molecule has 0 spiro atoms. The highest BCUT2D eigenvalue weighted by atomic mass is 32.2. The number of furan rings is 1. The Bertz CT molecular complexity index is 966. The lowest BCUT2D eigenvalue weighted by atomic mass is 10.2. The highest BCUT2D eigenvalue weighted by Gasteiger charge is 2.36. The molecular weight excluding hydrogens is 401 g/mol. The zero-order valence-corrected chi connectivity index (χ0v) is 14.7. The number of imide groups is 1. The van der Waals surface area contributed by atoms with Crippen molar-refractivity contribution in [2.24, 2.45) is 5.73 Å². The molecule has 0 bridgehead atoms. The average Bonchev–Trinajstić information content (AvgIpc) is 3.15. The van der Waals surface area contributed by atoms with E-state index in [1.165, 1.54) is 24.3 Å². The van der Waals surface area contributed by atoms with Gasteiger partial charge in [-0.25, -0.2) is 0 Å². The molecular formula is C17H11F3N2O5S. The SMILES string of the molecule is NC(=O)CN1C(=O)S/C(=C\c2ccc(-c3ccc(OC(F)(F)F)cc3)o2)C1=O. The minimum atomic E-state index is -4.78. The molecule has 2 aromatic rings. The van der Waals surface area contributed by atoms with Gasteiger partial charge in [-0.1, -0.05) is 0 Å². The Morgan fingerprint density at radius 3 is 2.46 bits per heavy atom. The largest absolute Gasteiger partial charge is 0.573 e. The fraction of sp³-hybridized carbons (Fsp3) is 0.118. The van der Waals surface area contributed by atoms with Gasteiger partial charge in [0.2, 0.25) is 5.91 Å². The molecule has 1 aliphatic rings. The van der Waals surface area contributed by atoms with Gasteiger partial charge < -0.3 is 14.9 Å². The number of primary amides is 1. The van der Waals surface area contributed by atoms with Gasteiger partial charge in [-0.15, -0.1) is 13.2 Å². The maximum Gasteiger partial charge on any atom is 0.573 e. The quantitative estimate of drug-likeness (QED) is 0.756. The third-order valence-electron chi connectivity index (χ3n) is 3.46. The Kier molecular flexibility index (Phi) is 5.18. The molecule has 7 nitrogen and oxygen atoms in total. The summed E-state index contributed by atoms with van der Waals surface area (Å²) in [5.74, 6) is -1.27. The summed E-state index contributed by atoms with van der Waals surface area (Å²) in [5.41, 5.74) is 5.49. The number of amides is 3. The lowest BCUT2D eigenvalue weighted by Crippen LogP contribution is -2.36. The van der Waals surface area contributed by atoms with Crippen LogP contribution in [0.5, 0.6) is 5.75 Å². The molecule has 1 saturated heterocycles. The van der Waals surface area contributed by atoms with Crippen molar-refractivity contribution in [2.75, 3.05) is 6.54 Å². The van der Waals surface area contributed by atoms with Crippen LogP contribution in [0, 0.1) is 0 Å². The van der Waals surface area contributed by atoms with Gasteiger partial charge in [-0.2, -0.15) is 0 Å². The molecule has 0 atom stereocenters. The molecule has 0 radical (unpaired) electrons. The summed E-state index contributed by atoms with van der Waals surface area (Å²) >= 11 is 0.639. The molecule has 1 aromatic carbocycles. The van der Waals surface area contributed by atoms with E-state index in [9.17, 15) is 27.6 Å². The fourth-order valence-electron chi connectivity index (χ4n) is 2.33. The van der Waals surface area contributed by atoms with Crippen molar-refractivity contribution in [2.45, 2.75) is 6.36 Å². The van der Waals surface area contributed by atoms with E-state index in [2.05, 4.69) is 4.74 Å². The van der Waals surface area contributed by atoms with Crippen molar-refractivity contribution >= 4 is 34.9 Å². The number of ether oxygens (including phenoxy) is 1. The highest BCUT2D eigenvalue weighted by Crippen LogP contribution is 2.33. The van der Waals surface area contributed by atoms with Crippen LogP contribution in [0.25, 0.3) is 17.4 Å². The Morgan fingerprint density at radius 2 is 1.86 bits per heavy atom. The number of thioether (sulfide) groups is 1. The lowest BCUT2D eigenvalue weighted by Gasteiger charge is -2.08. The van der Waals surface area contributed by atoms with Crippen molar-refractivity contribution in [3.63, 3.8) is 0 Å². The molecule has 2 N–H and O–H groups in total. The first-order valence-electron chi connectivity index (χ1n) is 7.62. The number of alkyl halides is 3. The molecule has 1 aromatic heterocycles. The molecule has 0 aliphatic carbocycles. The fourth-order valence-corrected chi connectivity index (χ4v) is 3.15. The first-order valence-corrected chi connectivity index (χ1v) is 8.44. The van der Waals surface area contributed by atoms with E-state index in [4.69, 9.17) is 10.2 Å². The summed E-state index contributed by atoms with van der Waals surface area (Å²) in [7, 11) is 0. The number of rotatable bonds is 5. The van der Waals surface area contributed by atoms with Crippen LogP contribution in [0.2, 0.25) is 0 Å². The number of nitrogens with two attached hydrogens (primary N) is 1. The zero-order valence-electron chi connectivity index (χ0n) is 13.9. The van der Waals surface area contributed by atoms with Crippen LogP contribution in [0.4, 0.5) is 18.0 Å². The monoisotopic (exact) mass is 412 g/mol. The van der Waals surface area contributed by atoms with Gasteiger partial charge in [0.15, 0.2) is 0 Å². The smallest absolute Gasteiger partial charge is 0.457 e. The third kappa shape index (κ3) is 4.55. The molecule has 3 rings (SSSR count). The maximum absolute atomic E-state index is 12.2. The van der Waals surface area contributed by atoms with Crippen LogP contribution in [-0.4, -0.2) is 34.9 Å². The summed E-state index contributed by atoms with van der Waals surface area (Å²) in [4.78, 5) is 35.6. The Morgan fingerprint density at radius 1 is 1.18 bits per heavy atom. The van der Waals surface area contributed by atoms with E-state index in [0.717, 1.165) is 17.0 Å². The average molecular weight is 412 g/mol. The van der Waals surface area contributed by atoms with E-state index >= 15 is 0 Å². The number of hydrogen-bond acceptors (Lipinski definition) is 6. The molecule has 3 amide bonds. The van der Waals surface area contributed by atoms with E-state index in [1.807, 2.05) is 0 Å². The van der Waals surface area contributed by atoms with Gasteiger partial charge in [0.05, 0.1) is 4.91 Å². The number of benzene rings is 1. The predicted octanol–water partition coefficient (Wildman–Crippen LogP) is 3.37. The second-order valence-electron chi connectivity index (χ2n) is 5.51. The summed E-state index contributed by atoms with van der Waals surface area (Å²) in [6.07, 6.45) is -3.45. The van der Waals surface area contributed by atoms with E-state index in [-0.39, 0.29) is 16.4 Å². The Hall–Kier alpha value is -3.21. The summed E-state index contributed by atoms with van der Waals surface area (Å²) in [6.45, 7) is -0.516. The van der Waals surface area contributed by atoms with Crippen molar-refractivity contribution in [1.29, 1.82) is 0 Å². The predicted molar refractivity (Wildman–Crippen MR) is 92.7 cm³/mol. The number of hydrogen-bond donors (Lipinski definition) is 1. The van der Waals surface area contributed by atoms with Crippen LogP contribution >= 0.6 is 11.8 Å². The van der Waals surface area contributed by atoms with Gasteiger partial charge in [-0.3, -0.25) is 19.3 Å². The minimum absolute atomic E-state index is 0.0566. The first-order chi connectivity index (χ1) is 13.1. The van der Waals surface area contributed by atoms with Crippen molar-refractivity contribution in [3.8, 4) is 17.1 Å². The third-order valence-corrected chi connectivity index (χ3v) is 4.37. The Labute approximate surface area is 159 Å². The van der Waals surface area contributed by atoms with Crippen molar-refractivity contribution < 1.29 is 36.7 Å². The summed E-state index contributed by atoms with van der Waals surface area (Å²) in [6, 6.07) is 8.12. The standard InChI is InChI=1S/C17H11F3N2O5S/c18-17(19,20)27-10-3-1-9(2-4-10)12-6-5-11(26-12)7-13-15(24)22(8-14(21)23)16(25)28-13/h1-7H,8H2,(H2,21,23)/b13-7-. The number of carbonyl (C=O) groups excluding carboxylic acids is 3. The first kappa shape index (κ1) is 19.5. The molecule has 28 heavy (non-hydrogen) atoms. The van der Waals surface area contributed by atoms with Gasteiger partial charge in [0, 0.05) is 11.6 Å². The highest BCUT2D eigenvalue weighted by molar-refractivity contribution is 8.18. The van der Waals surface area contributed by atoms with E-state index < -0.39 is 30.0 Å². The molecule has 0 unspecified atom stereocenters. The molecule has 0 saturated carbocycles. The van der Waals surface area contributed by atoms with Crippen LogP contribution < -0.4 is 10.5 Å². The topological polar surface area (TPSA) is 103 Å². The maximum atomic E-state index is 12.2. The molecule has 11 heteroatoms. The summed E-state index contributed by atoms with van der Waals surface area (Å²) in [5, 5.41) is -0.623.